The van der Waals surface area contributed by atoms with E-state index in [1.165, 1.54) is 17.7 Å². The van der Waals surface area contributed by atoms with Gasteiger partial charge in [-0.25, -0.2) is 0 Å². The van der Waals surface area contributed by atoms with Crippen LogP contribution in [0.3, 0.4) is 0 Å². The molecule has 1 heterocycles. The number of fused-ring (bicyclic) bond motifs is 1. The third-order valence-corrected chi connectivity index (χ3v) is 3.65. The Kier molecular flexibility index (Phi) is 1.91. The van der Waals surface area contributed by atoms with Crippen molar-refractivity contribution in [3.8, 4) is 0 Å². The van der Waals surface area contributed by atoms with Gasteiger partial charge in [0.2, 0.25) is 0 Å². The molecule has 2 rings (SSSR count). The summed E-state index contributed by atoms with van der Waals surface area (Å²) in [6.07, 6.45) is 2.57. The lowest BCUT2D eigenvalue weighted by Gasteiger charge is -2.00. The van der Waals surface area contributed by atoms with E-state index in [9.17, 15) is 0 Å². The van der Waals surface area contributed by atoms with E-state index in [0.717, 1.165) is 5.25 Å². The zero-order valence-corrected chi connectivity index (χ0v) is 7.53. The molecule has 1 aromatic rings. The minimum atomic E-state index is 0.840. The Morgan fingerprint density at radius 3 is 3.00 bits per heavy atom. The number of rotatable bonds is 1. The second kappa shape index (κ2) is 2.90. The highest BCUT2D eigenvalue weighted by Gasteiger charge is 2.19. The molecule has 0 aromatic heterocycles. The number of hydrogen-bond acceptors (Lipinski definition) is 1. The van der Waals surface area contributed by atoms with E-state index in [2.05, 4.69) is 31.2 Å². The highest BCUT2D eigenvalue weighted by atomic mass is 32.2. The van der Waals surface area contributed by atoms with Crippen LogP contribution in [0.2, 0.25) is 0 Å². The third kappa shape index (κ3) is 1.30. The van der Waals surface area contributed by atoms with Gasteiger partial charge in [0.25, 0.3) is 0 Å². The van der Waals surface area contributed by atoms with Crippen LogP contribution in [0, 0.1) is 0 Å². The van der Waals surface area contributed by atoms with Crippen molar-refractivity contribution in [2.24, 2.45) is 0 Å². The van der Waals surface area contributed by atoms with Crippen molar-refractivity contribution >= 4 is 11.8 Å². The van der Waals surface area contributed by atoms with Gasteiger partial charge in [0.1, 0.15) is 0 Å². The number of benzene rings is 1. The molecule has 0 nitrogen and oxygen atoms in total. The van der Waals surface area contributed by atoms with Gasteiger partial charge in [-0.1, -0.05) is 25.1 Å². The summed E-state index contributed by atoms with van der Waals surface area (Å²) in [5.74, 6) is 0. The summed E-state index contributed by atoms with van der Waals surface area (Å²) in [6, 6.07) is 8.74. The average molecular weight is 164 g/mol. The van der Waals surface area contributed by atoms with Crippen molar-refractivity contribution < 1.29 is 0 Å². The number of thioether (sulfide) groups is 1. The lowest BCUT2D eigenvalue weighted by molar-refractivity contribution is 0.830. The monoisotopic (exact) mass is 164 g/mol. The molecule has 1 heteroatoms. The molecule has 1 aliphatic rings. The molecule has 11 heavy (non-hydrogen) atoms. The molecule has 0 saturated carbocycles. The van der Waals surface area contributed by atoms with Crippen LogP contribution in [-0.4, -0.2) is 5.25 Å². The fraction of sp³-hybridized carbons (Fsp3) is 0.400. The van der Waals surface area contributed by atoms with Gasteiger partial charge >= 0.3 is 0 Å². The van der Waals surface area contributed by atoms with E-state index in [0.29, 0.717) is 0 Å². The summed E-state index contributed by atoms with van der Waals surface area (Å²) in [4.78, 5) is 1.50. The molecule has 1 aliphatic heterocycles. The molecule has 0 fully saturated rings. The van der Waals surface area contributed by atoms with E-state index in [1.54, 1.807) is 5.56 Å². The van der Waals surface area contributed by atoms with Gasteiger partial charge in [-0.2, -0.15) is 0 Å². The molecule has 1 atom stereocenters. The summed E-state index contributed by atoms with van der Waals surface area (Å²) in [5, 5.41) is 0.840. The topological polar surface area (TPSA) is 0 Å². The van der Waals surface area contributed by atoms with E-state index in [-0.39, 0.29) is 0 Å². The van der Waals surface area contributed by atoms with Crippen molar-refractivity contribution in [2.75, 3.05) is 0 Å². The van der Waals surface area contributed by atoms with E-state index in [4.69, 9.17) is 0 Å². The molecule has 1 aromatic carbocycles. The fourth-order valence-corrected chi connectivity index (χ4v) is 2.73. The van der Waals surface area contributed by atoms with Crippen LogP contribution in [-0.2, 0) is 6.42 Å². The second-order valence-corrected chi connectivity index (χ2v) is 4.30. The Bertz CT molecular complexity index is 230. The molecule has 0 N–H and O–H groups in total. The molecular formula is C10H12S. The molecular weight excluding hydrogens is 152 g/mol. The first-order chi connectivity index (χ1) is 5.40. The van der Waals surface area contributed by atoms with Crippen molar-refractivity contribution in [1.82, 2.24) is 0 Å². The molecule has 0 aliphatic carbocycles. The highest BCUT2D eigenvalue weighted by molar-refractivity contribution is 8.00. The molecule has 0 saturated heterocycles. The van der Waals surface area contributed by atoms with Gasteiger partial charge in [-0.15, -0.1) is 11.8 Å². The van der Waals surface area contributed by atoms with Gasteiger partial charge in [0, 0.05) is 10.1 Å². The number of hydrogen-bond donors (Lipinski definition) is 0. The van der Waals surface area contributed by atoms with Crippen LogP contribution < -0.4 is 0 Å². The zero-order chi connectivity index (χ0) is 7.68. The average Bonchev–Trinajstić information content (AvgIpc) is 2.46. The van der Waals surface area contributed by atoms with Crippen LogP contribution in [0.25, 0.3) is 0 Å². The molecule has 0 radical (unpaired) electrons. The minimum absolute atomic E-state index is 0.840. The maximum Gasteiger partial charge on any atom is 0.0133 e. The van der Waals surface area contributed by atoms with Crippen molar-refractivity contribution in [2.45, 2.75) is 29.9 Å². The molecule has 0 amide bonds. The largest absolute Gasteiger partial charge is 0.122 e. The lowest BCUT2D eigenvalue weighted by atomic mass is 10.1. The zero-order valence-electron chi connectivity index (χ0n) is 6.71. The quantitative estimate of drug-likeness (QED) is 0.614. The highest BCUT2D eigenvalue weighted by Crippen LogP contribution is 2.37. The lowest BCUT2D eigenvalue weighted by Crippen LogP contribution is -1.96. The van der Waals surface area contributed by atoms with Gasteiger partial charge in [0.15, 0.2) is 0 Å². The normalized spacial score (nSPS) is 21.7. The summed E-state index contributed by atoms with van der Waals surface area (Å²) in [7, 11) is 0. The van der Waals surface area contributed by atoms with Gasteiger partial charge in [-0.3, -0.25) is 0 Å². The standard InChI is InChI=1S/C10H12S/c1-2-9-7-8-5-3-4-6-10(8)11-9/h3-6,9H,2,7H2,1H3/t9-/m1/s1. The Labute approximate surface area is 72.0 Å². The second-order valence-electron chi connectivity index (χ2n) is 2.96. The van der Waals surface area contributed by atoms with E-state index < -0.39 is 0 Å². The summed E-state index contributed by atoms with van der Waals surface area (Å²) in [6.45, 7) is 2.27. The summed E-state index contributed by atoms with van der Waals surface area (Å²) in [5.41, 5.74) is 1.55. The van der Waals surface area contributed by atoms with Crippen molar-refractivity contribution in [3.05, 3.63) is 29.8 Å². The molecule has 0 spiro atoms. The van der Waals surface area contributed by atoms with Crippen LogP contribution in [0.1, 0.15) is 18.9 Å². The minimum Gasteiger partial charge on any atom is -0.122 e. The Morgan fingerprint density at radius 2 is 2.27 bits per heavy atom. The maximum atomic E-state index is 2.27. The van der Waals surface area contributed by atoms with Crippen LogP contribution in [0.4, 0.5) is 0 Å². The van der Waals surface area contributed by atoms with Crippen LogP contribution >= 0.6 is 11.8 Å². The molecule has 0 bridgehead atoms. The SMILES string of the molecule is CC[C@@H]1Cc2ccccc2S1. The Morgan fingerprint density at radius 1 is 1.45 bits per heavy atom. The maximum absolute atomic E-state index is 2.27. The first-order valence-corrected chi connectivity index (χ1v) is 5.02. The smallest absolute Gasteiger partial charge is 0.0133 e. The fourth-order valence-electron chi connectivity index (χ4n) is 1.48. The van der Waals surface area contributed by atoms with Gasteiger partial charge in [0.05, 0.1) is 0 Å². The van der Waals surface area contributed by atoms with Gasteiger partial charge < -0.3 is 0 Å². The van der Waals surface area contributed by atoms with Crippen LogP contribution in [0.15, 0.2) is 29.2 Å². The third-order valence-electron chi connectivity index (χ3n) is 2.17. The summed E-state index contributed by atoms with van der Waals surface area (Å²) >= 11 is 2.04. The van der Waals surface area contributed by atoms with E-state index >= 15 is 0 Å². The summed E-state index contributed by atoms with van der Waals surface area (Å²) < 4.78 is 0. The predicted octanol–water partition coefficient (Wildman–Crippen LogP) is 3.11. The predicted molar refractivity (Wildman–Crippen MR) is 50.1 cm³/mol. The van der Waals surface area contributed by atoms with Crippen molar-refractivity contribution in [3.63, 3.8) is 0 Å². The van der Waals surface area contributed by atoms with Crippen molar-refractivity contribution in [1.29, 1.82) is 0 Å². The van der Waals surface area contributed by atoms with Crippen LogP contribution in [0.5, 0.6) is 0 Å². The first kappa shape index (κ1) is 7.23. The molecule has 58 valence electrons. The van der Waals surface area contributed by atoms with Gasteiger partial charge in [-0.05, 0) is 24.5 Å². The Hall–Kier alpha value is -0.430. The Balaban J connectivity index is 2.27. The first-order valence-electron chi connectivity index (χ1n) is 4.14. The molecule has 0 unspecified atom stereocenters. The van der Waals surface area contributed by atoms with E-state index in [1.807, 2.05) is 11.8 Å².